The van der Waals surface area contributed by atoms with Crippen molar-refractivity contribution in [3.8, 4) is 0 Å². The highest BCUT2D eigenvalue weighted by Crippen LogP contribution is 2.16. The smallest absolute Gasteiger partial charge is 0.410 e. The second-order valence-corrected chi connectivity index (χ2v) is 5.51. The first-order valence-electron chi connectivity index (χ1n) is 6.58. The molecule has 0 N–H and O–H groups in total. The Balaban J connectivity index is 2.45. The van der Waals surface area contributed by atoms with Crippen molar-refractivity contribution in [3.63, 3.8) is 0 Å². The third-order valence-electron chi connectivity index (χ3n) is 2.65. The van der Waals surface area contributed by atoms with Gasteiger partial charge in [0.1, 0.15) is 12.4 Å². The molecule has 6 heteroatoms. The molecule has 1 atom stereocenters. The van der Waals surface area contributed by atoms with Crippen LogP contribution in [0.1, 0.15) is 27.2 Å². The molecule has 0 spiro atoms. The summed E-state index contributed by atoms with van der Waals surface area (Å²) in [6.45, 7) is 8.02. The molecule has 1 amide bonds. The van der Waals surface area contributed by atoms with Crippen molar-refractivity contribution in [1.82, 2.24) is 4.90 Å². The second-order valence-electron chi connectivity index (χ2n) is 5.51. The van der Waals surface area contributed by atoms with Crippen LogP contribution in [0.5, 0.6) is 0 Å². The Morgan fingerprint density at radius 1 is 1.42 bits per heavy atom. The van der Waals surface area contributed by atoms with E-state index in [1.54, 1.807) is 12.0 Å². The highest BCUT2D eigenvalue weighted by Gasteiger charge is 2.30. The van der Waals surface area contributed by atoms with Gasteiger partial charge in [0.15, 0.2) is 0 Å². The van der Waals surface area contributed by atoms with E-state index in [1.807, 2.05) is 20.8 Å². The largest absolute Gasteiger partial charge is 0.444 e. The first-order chi connectivity index (χ1) is 8.94. The van der Waals surface area contributed by atoms with Crippen LogP contribution in [0, 0.1) is 0 Å². The lowest BCUT2D eigenvalue weighted by molar-refractivity contribution is -0.0589. The van der Waals surface area contributed by atoms with Gasteiger partial charge in [-0.2, -0.15) is 0 Å². The minimum absolute atomic E-state index is 0.000422. The SMILES string of the molecule is COCOCCC1COCCN1C(=O)OC(C)(C)C. The number of hydrogen-bond acceptors (Lipinski definition) is 5. The average molecular weight is 275 g/mol. The Labute approximate surface area is 114 Å². The van der Waals surface area contributed by atoms with Crippen molar-refractivity contribution in [1.29, 1.82) is 0 Å². The van der Waals surface area contributed by atoms with E-state index in [2.05, 4.69) is 0 Å². The number of nitrogens with zero attached hydrogens (tertiary/aromatic N) is 1. The number of carbonyl (C=O) groups excluding carboxylic acids is 1. The molecule has 112 valence electrons. The minimum Gasteiger partial charge on any atom is -0.444 e. The van der Waals surface area contributed by atoms with Crippen LogP contribution in [-0.4, -0.2) is 62.9 Å². The van der Waals surface area contributed by atoms with Gasteiger partial charge in [-0.1, -0.05) is 0 Å². The lowest BCUT2D eigenvalue weighted by Gasteiger charge is -2.36. The maximum absolute atomic E-state index is 12.1. The summed E-state index contributed by atoms with van der Waals surface area (Å²) >= 11 is 0. The molecule has 1 aliphatic rings. The number of amides is 1. The first-order valence-corrected chi connectivity index (χ1v) is 6.58. The molecular formula is C13H25NO5. The van der Waals surface area contributed by atoms with Crippen LogP contribution in [0.15, 0.2) is 0 Å². The standard InChI is InChI=1S/C13H25NO5/c1-13(2,3)19-12(15)14-6-8-17-9-11(14)5-7-18-10-16-4/h11H,5-10H2,1-4H3. The molecule has 0 saturated carbocycles. The Morgan fingerprint density at radius 3 is 2.79 bits per heavy atom. The zero-order valence-electron chi connectivity index (χ0n) is 12.3. The summed E-state index contributed by atoms with van der Waals surface area (Å²) in [6, 6.07) is 0.000422. The van der Waals surface area contributed by atoms with Gasteiger partial charge in [0.2, 0.25) is 0 Å². The molecule has 0 aromatic heterocycles. The molecule has 1 unspecified atom stereocenters. The summed E-state index contributed by atoms with van der Waals surface area (Å²) in [5.41, 5.74) is -0.480. The van der Waals surface area contributed by atoms with Crippen molar-refractivity contribution in [2.75, 3.05) is 40.3 Å². The fraction of sp³-hybridized carbons (Fsp3) is 0.923. The molecule has 0 aromatic rings. The van der Waals surface area contributed by atoms with Gasteiger partial charge in [-0.15, -0.1) is 0 Å². The molecule has 1 fully saturated rings. The van der Waals surface area contributed by atoms with Gasteiger partial charge in [0.05, 0.1) is 25.9 Å². The van der Waals surface area contributed by atoms with Crippen molar-refractivity contribution in [3.05, 3.63) is 0 Å². The number of methoxy groups -OCH3 is 1. The van der Waals surface area contributed by atoms with Crippen LogP contribution in [0.25, 0.3) is 0 Å². The Bertz CT molecular complexity index is 277. The van der Waals surface area contributed by atoms with Crippen LogP contribution < -0.4 is 0 Å². The van der Waals surface area contributed by atoms with E-state index in [-0.39, 0.29) is 18.9 Å². The van der Waals surface area contributed by atoms with Crippen LogP contribution in [0.4, 0.5) is 4.79 Å². The molecule has 1 heterocycles. The molecule has 1 rings (SSSR count). The zero-order chi connectivity index (χ0) is 14.3. The van der Waals surface area contributed by atoms with Crippen molar-refractivity contribution in [2.24, 2.45) is 0 Å². The number of morpholine rings is 1. The van der Waals surface area contributed by atoms with E-state index in [9.17, 15) is 4.79 Å². The summed E-state index contributed by atoms with van der Waals surface area (Å²) in [5.74, 6) is 0. The van der Waals surface area contributed by atoms with Gasteiger partial charge >= 0.3 is 6.09 Å². The molecule has 19 heavy (non-hydrogen) atoms. The van der Waals surface area contributed by atoms with Gasteiger partial charge in [-0.25, -0.2) is 4.79 Å². The van der Waals surface area contributed by atoms with E-state index >= 15 is 0 Å². The monoisotopic (exact) mass is 275 g/mol. The van der Waals surface area contributed by atoms with Gasteiger partial charge in [-0.3, -0.25) is 0 Å². The van der Waals surface area contributed by atoms with Gasteiger partial charge in [0.25, 0.3) is 0 Å². The Morgan fingerprint density at radius 2 is 2.16 bits per heavy atom. The normalized spacial score (nSPS) is 20.4. The fourth-order valence-corrected chi connectivity index (χ4v) is 1.82. The van der Waals surface area contributed by atoms with E-state index in [0.29, 0.717) is 32.8 Å². The number of rotatable bonds is 5. The lowest BCUT2D eigenvalue weighted by Crippen LogP contribution is -2.50. The van der Waals surface area contributed by atoms with Crippen molar-refractivity contribution >= 4 is 6.09 Å². The molecule has 0 bridgehead atoms. The van der Waals surface area contributed by atoms with Crippen LogP contribution in [0.3, 0.4) is 0 Å². The fourth-order valence-electron chi connectivity index (χ4n) is 1.82. The number of hydrogen-bond donors (Lipinski definition) is 0. The van der Waals surface area contributed by atoms with Crippen LogP contribution >= 0.6 is 0 Å². The average Bonchev–Trinajstić information content (AvgIpc) is 2.33. The molecular weight excluding hydrogens is 250 g/mol. The third kappa shape index (κ3) is 6.22. The maximum atomic E-state index is 12.1. The highest BCUT2D eigenvalue weighted by molar-refractivity contribution is 5.68. The maximum Gasteiger partial charge on any atom is 0.410 e. The summed E-state index contributed by atoms with van der Waals surface area (Å²) in [4.78, 5) is 13.8. The van der Waals surface area contributed by atoms with Crippen molar-refractivity contribution < 1.29 is 23.7 Å². The van der Waals surface area contributed by atoms with Gasteiger partial charge in [0, 0.05) is 13.7 Å². The summed E-state index contributed by atoms with van der Waals surface area (Å²) in [5, 5.41) is 0. The molecule has 0 radical (unpaired) electrons. The summed E-state index contributed by atoms with van der Waals surface area (Å²) < 4.78 is 20.9. The quantitative estimate of drug-likeness (QED) is 0.564. The predicted molar refractivity (Wildman–Crippen MR) is 70.0 cm³/mol. The first kappa shape index (κ1) is 16.2. The van der Waals surface area contributed by atoms with Gasteiger partial charge < -0.3 is 23.8 Å². The number of carbonyl (C=O) groups is 1. The minimum atomic E-state index is -0.480. The lowest BCUT2D eigenvalue weighted by atomic mass is 10.1. The Kier molecular flexibility index (Phi) is 6.54. The third-order valence-corrected chi connectivity index (χ3v) is 2.65. The molecule has 6 nitrogen and oxygen atoms in total. The topological polar surface area (TPSA) is 57.2 Å². The molecule has 1 aliphatic heterocycles. The van der Waals surface area contributed by atoms with E-state index in [4.69, 9.17) is 18.9 Å². The van der Waals surface area contributed by atoms with E-state index < -0.39 is 5.60 Å². The van der Waals surface area contributed by atoms with Gasteiger partial charge in [-0.05, 0) is 27.2 Å². The summed E-state index contributed by atoms with van der Waals surface area (Å²) in [6.07, 6.45) is 0.426. The highest BCUT2D eigenvalue weighted by atomic mass is 16.7. The zero-order valence-corrected chi connectivity index (χ0v) is 12.3. The van der Waals surface area contributed by atoms with Crippen molar-refractivity contribution in [2.45, 2.75) is 38.8 Å². The predicted octanol–water partition coefficient (Wildman–Crippen LogP) is 1.63. The second kappa shape index (κ2) is 7.67. The van der Waals surface area contributed by atoms with Crippen LogP contribution in [-0.2, 0) is 18.9 Å². The number of ether oxygens (including phenoxy) is 4. The van der Waals surface area contributed by atoms with E-state index in [1.165, 1.54) is 0 Å². The summed E-state index contributed by atoms with van der Waals surface area (Å²) in [7, 11) is 1.58. The van der Waals surface area contributed by atoms with Crippen LogP contribution in [0.2, 0.25) is 0 Å². The molecule has 0 aromatic carbocycles. The molecule has 1 saturated heterocycles. The van der Waals surface area contributed by atoms with E-state index in [0.717, 1.165) is 0 Å². The Hall–Kier alpha value is -0.850. The molecule has 0 aliphatic carbocycles.